The molecule has 13 heteroatoms. The van der Waals surface area contributed by atoms with Crippen molar-refractivity contribution in [1.29, 1.82) is 0 Å². The minimum atomic E-state index is -0.656. The number of halogens is 1. The number of pyridine rings is 1. The molecular formula is C36H38FN7O5. The number of likely N-dealkylation sites (tertiary alicyclic amines) is 1. The van der Waals surface area contributed by atoms with E-state index in [1.54, 1.807) is 39.1 Å². The standard InChI is InChI=1S/C36H38FN7O5/c1-20-25(17-39-32(40-20)28-13-30(49-42-28)33(46)48-35(3,4)5)27-8-6-23(16-38-27)21(2)43-18-36(19-43)14-24(15-36)22-7-9-29(26(37)12-22)44-11-10-31(45)41-34(44)47/h6-9,12-13,16-17,21,24H,10-11,14-15,18-19H2,1-5H3,(H,41,45,47). The van der Waals surface area contributed by atoms with Crippen molar-refractivity contribution in [2.45, 2.75) is 71.4 Å². The van der Waals surface area contributed by atoms with Crippen molar-refractivity contribution in [2.24, 2.45) is 5.41 Å². The fraction of sp³-hybridized carbons (Fsp3) is 0.417. The van der Waals surface area contributed by atoms with E-state index in [1.165, 1.54) is 11.0 Å². The van der Waals surface area contributed by atoms with E-state index in [0.29, 0.717) is 17.2 Å². The summed E-state index contributed by atoms with van der Waals surface area (Å²) in [7, 11) is 0. The number of rotatable bonds is 7. The monoisotopic (exact) mass is 667 g/mol. The first-order valence-corrected chi connectivity index (χ1v) is 16.4. The molecular weight excluding hydrogens is 629 g/mol. The number of aryl methyl sites for hydroxylation is 1. The van der Waals surface area contributed by atoms with Crippen molar-refractivity contribution in [3.05, 3.63) is 77.2 Å². The van der Waals surface area contributed by atoms with Crippen LogP contribution in [-0.4, -0.2) is 68.2 Å². The van der Waals surface area contributed by atoms with Gasteiger partial charge in [-0.05, 0) is 88.1 Å². The van der Waals surface area contributed by atoms with Crippen LogP contribution in [0.15, 0.2) is 53.3 Å². The van der Waals surface area contributed by atoms with Gasteiger partial charge in [0.2, 0.25) is 11.7 Å². The van der Waals surface area contributed by atoms with Crippen molar-refractivity contribution in [2.75, 3.05) is 24.5 Å². The summed E-state index contributed by atoms with van der Waals surface area (Å²) in [5.41, 5.74) is 4.45. The Morgan fingerprint density at radius 3 is 2.51 bits per heavy atom. The number of carbonyl (C=O) groups excluding carboxylic acids is 3. The Bertz CT molecular complexity index is 1940. The summed E-state index contributed by atoms with van der Waals surface area (Å²) in [5, 5.41) is 6.20. The van der Waals surface area contributed by atoms with Gasteiger partial charge in [-0.3, -0.25) is 24.9 Å². The van der Waals surface area contributed by atoms with Crippen LogP contribution in [-0.2, 0) is 9.53 Å². The van der Waals surface area contributed by atoms with Gasteiger partial charge in [0, 0.05) is 56.1 Å². The number of hydrogen-bond acceptors (Lipinski definition) is 10. The zero-order valence-corrected chi connectivity index (χ0v) is 28.1. The number of imide groups is 1. The average Bonchev–Trinajstić information content (AvgIpc) is 3.50. The molecule has 3 aromatic heterocycles. The predicted octanol–water partition coefficient (Wildman–Crippen LogP) is 5.98. The average molecular weight is 668 g/mol. The minimum absolute atomic E-state index is 0.0147. The number of nitrogens with one attached hydrogen (secondary N) is 1. The fourth-order valence-corrected chi connectivity index (χ4v) is 7.03. The molecule has 0 bridgehead atoms. The number of urea groups is 1. The Morgan fingerprint density at radius 2 is 1.86 bits per heavy atom. The highest BCUT2D eigenvalue weighted by atomic mass is 19.1. The van der Waals surface area contributed by atoms with Gasteiger partial charge < -0.3 is 9.26 Å². The number of esters is 1. The van der Waals surface area contributed by atoms with E-state index in [1.807, 2.05) is 25.3 Å². The Morgan fingerprint density at radius 1 is 1.08 bits per heavy atom. The largest absolute Gasteiger partial charge is 0.454 e. The van der Waals surface area contributed by atoms with Crippen molar-refractivity contribution in [1.82, 2.24) is 30.3 Å². The van der Waals surface area contributed by atoms with Gasteiger partial charge in [-0.25, -0.2) is 23.9 Å². The van der Waals surface area contributed by atoms with E-state index >= 15 is 4.39 Å². The maximum atomic E-state index is 15.0. The molecule has 1 spiro atoms. The maximum absolute atomic E-state index is 15.0. The molecule has 3 aliphatic rings. The lowest BCUT2D eigenvalue weighted by molar-refractivity contribution is -0.120. The van der Waals surface area contributed by atoms with E-state index in [4.69, 9.17) is 14.2 Å². The molecule has 1 aromatic carbocycles. The first-order valence-electron chi connectivity index (χ1n) is 16.4. The fourth-order valence-electron chi connectivity index (χ4n) is 7.03. The highest BCUT2D eigenvalue weighted by Crippen LogP contribution is 2.57. The molecule has 1 unspecified atom stereocenters. The van der Waals surface area contributed by atoms with E-state index < -0.39 is 23.4 Å². The Labute approximate surface area is 283 Å². The topological polar surface area (TPSA) is 144 Å². The zero-order chi connectivity index (χ0) is 34.7. The third kappa shape index (κ3) is 6.42. The van der Waals surface area contributed by atoms with Crippen molar-refractivity contribution in [3.8, 4) is 22.8 Å². The van der Waals surface area contributed by atoms with Crippen LogP contribution >= 0.6 is 0 Å². The molecule has 5 heterocycles. The number of aromatic nitrogens is 4. The van der Waals surface area contributed by atoms with E-state index in [0.717, 1.165) is 48.3 Å². The first-order chi connectivity index (χ1) is 23.3. The zero-order valence-electron chi connectivity index (χ0n) is 28.1. The third-order valence-corrected chi connectivity index (χ3v) is 9.63. The normalized spacial score (nSPS) is 18.5. The highest BCUT2D eigenvalue weighted by Gasteiger charge is 2.53. The Balaban J connectivity index is 0.935. The van der Waals surface area contributed by atoms with E-state index in [9.17, 15) is 14.4 Å². The summed E-state index contributed by atoms with van der Waals surface area (Å²) in [6.45, 7) is 11.5. The van der Waals surface area contributed by atoms with Gasteiger partial charge in [-0.15, -0.1) is 0 Å². The molecule has 254 valence electrons. The van der Waals surface area contributed by atoms with Crippen LogP contribution in [0.3, 0.4) is 0 Å². The molecule has 2 aliphatic heterocycles. The van der Waals surface area contributed by atoms with Crippen LogP contribution in [0.1, 0.15) is 86.3 Å². The number of ether oxygens (including phenoxy) is 1. The Hall–Kier alpha value is -5.04. The second kappa shape index (κ2) is 12.1. The summed E-state index contributed by atoms with van der Waals surface area (Å²) < 4.78 is 25.6. The molecule has 1 aliphatic carbocycles. The van der Waals surface area contributed by atoms with Gasteiger partial charge in [0.25, 0.3) is 0 Å². The molecule has 4 aromatic rings. The second-order valence-corrected chi connectivity index (χ2v) is 14.4. The molecule has 1 saturated carbocycles. The van der Waals surface area contributed by atoms with Crippen molar-refractivity contribution < 1.29 is 28.0 Å². The van der Waals surface area contributed by atoms with E-state index in [-0.39, 0.29) is 47.7 Å². The van der Waals surface area contributed by atoms with Crippen molar-refractivity contribution in [3.63, 3.8) is 0 Å². The quantitative estimate of drug-likeness (QED) is 0.234. The lowest BCUT2D eigenvalue weighted by Crippen LogP contribution is -2.61. The lowest BCUT2D eigenvalue weighted by atomic mass is 9.56. The molecule has 3 amide bonds. The summed E-state index contributed by atoms with van der Waals surface area (Å²) in [6, 6.07) is 10.2. The summed E-state index contributed by atoms with van der Waals surface area (Å²) >= 11 is 0. The van der Waals surface area contributed by atoms with Crippen molar-refractivity contribution >= 4 is 23.6 Å². The molecule has 12 nitrogen and oxygen atoms in total. The number of hydrogen-bond donors (Lipinski definition) is 1. The van der Waals surface area contributed by atoms with Crippen LogP contribution in [0.5, 0.6) is 0 Å². The van der Waals surface area contributed by atoms with Gasteiger partial charge in [-0.1, -0.05) is 17.3 Å². The number of carbonyl (C=O) groups is 3. The summed E-state index contributed by atoms with van der Waals surface area (Å²) in [6.07, 6.45) is 5.74. The SMILES string of the molecule is Cc1nc(-c2cc(C(=O)OC(C)(C)C)on2)ncc1-c1ccc(C(C)N2CC3(CC(c4ccc(N5CCC(=O)NC5=O)c(F)c4)C3)C2)cn1. The molecule has 2 saturated heterocycles. The Kier molecular flexibility index (Phi) is 8.05. The molecule has 49 heavy (non-hydrogen) atoms. The smallest absolute Gasteiger partial charge is 0.377 e. The summed E-state index contributed by atoms with van der Waals surface area (Å²) in [4.78, 5) is 53.4. The molecule has 3 fully saturated rings. The number of benzene rings is 1. The number of nitrogens with zero attached hydrogens (tertiary/aromatic N) is 6. The summed E-state index contributed by atoms with van der Waals surface area (Å²) in [5.74, 6) is -0.780. The van der Waals surface area contributed by atoms with Crippen LogP contribution in [0.25, 0.3) is 22.8 Å². The van der Waals surface area contributed by atoms with Gasteiger partial charge in [0.1, 0.15) is 11.4 Å². The number of anilines is 1. The van der Waals surface area contributed by atoms with Crippen LogP contribution in [0.4, 0.5) is 14.9 Å². The molecule has 1 N–H and O–H groups in total. The molecule has 1 atom stereocenters. The molecule has 7 rings (SSSR count). The van der Waals surface area contributed by atoms with Gasteiger partial charge in [-0.2, -0.15) is 0 Å². The predicted molar refractivity (Wildman–Crippen MR) is 177 cm³/mol. The first kappa shape index (κ1) is 32.5. The van der Waals surface area contributed by atoms with Crippen LogP contribution < -0.4 is 10.2 Å². The second-order valence-electron chi connectivity index (χ2n) is 14.4. The minimum Gasteiger partial charge on any atom is -0.454 e. The van der Waals surface area contributed by atoms with E-state index in [2.05, 4.69) is 38.3 Å². The maximum Gasteiger partial charge on any atom is 0.377 e. The molecule has 0 radical (unpaired) electrons. The van der Waals surface area contributed by atoms with Crippen LogP contribution in [0.2, 0.25) is 0 Å². The lowest BCUT2D eigenvalue weighted by Gasteiger charge is -2.61. The van der Waals surface area contributed by atoms with Gasteiger partial charge >= 0.3 is 12.0 Å². The number of amides is 3. The van der Waals surface area contributed by atoms with Crippen LogP contribution in [0, 0.1) is 18.2 Å². The van der Waals surface area contributed by atoms with Gasteiger partial charge in [0.05, 0.1) is 17.1 Å². The van der Waals surface area contributed by atoms with Gasteiger partial charge in [0.15, 0.2) is 11.5 Å². The highest BCUT2D eigenvalue weighted by molar-refractivity contribution is 6.05. The third-order valence-electron chi connectivity index (χ3n) is 9.63.